The van der Waals surface area contributed by atoms with Crippen molar-refractivity contribution in [2.75, 3.05) is 45.8 Å². The van der Waals surface area contributed by atoms with Crippen LogP contribution in [0.5, 0.6) is 0 Å². The smallest absolute Gasteiger partial charge is 0.410 e. The molecule has 2 amide bonds. The summed E-state index contributed by atoms with van der Waals surface area (Å²) in [5.74, 6) is 0.756. The summed E-state index contributed by atoms with van der Waals surface area (Å²) < 4.78 is 5.38. The average Bonchev–Trinajstić information content (AvgIpc) is 2.95. The van der Waals surface area contributed by atoms with Gasteiger partial charge in [-0.25, -0.2) is 4.79 Å². The molecule has 2 heterocycles. The molecule has 0 atom stereocenters. The minimum Gasteiger partial charge on any atom is -0.444 e. The van der Waals surface area contributed by atoms with Gasteiger partial charge in [-0.05, 0) is 33.6 Å². The van der Waals surface area contributed by atoms with Crippen LogP contribution in [-0.4, -0.2) is 84.1 Å². The first-order valence-corrected chi connectivity index (χ1v) is 9.07. The van der Waals surface area contributed by atoms with Gasteiger partial charge in [0.15, 0.2) is 5.96 Å². The van der Waals surface area contributed by atoms with Crippen molar-refractivity contribution < 1.29 is 14.3 Å². The first-order valence-electron chi connectivity index (χ1n) is 9.07. The Morgan fingerprint density at radius 3 is 2.31 bits per heavy atom. The SMILES string of the molecule is CC(C)(C)OC(=O)N1CCN(C(N)=NCCCN2CCCC2=O)CC1.I. The van der Waals surface area contributed by atoms with Gasteiger partial charge in [0.05, 0.1) is 0 Å². The fraction of sp³-hybridized carbons (Fsp3) is 0.824. The van der Waals surface area contributed by atoms with Crippen LogP contribution in [0.3, 0.4) is 0 Å². The number of carbonyl (C=O) groups is 2. The normalized spacial score (nSPS) is 18.8. The van der Waals surface area contributed by atoms with Crippen LogP contribution in [0, 0.1) is 0 Å². The fourth-order valence-electron chi connectivity index (χ4n) is 2.94. The van der Waals surface area contributed by atoms with Crippen LogP contribution in [0.1, 0.15) is 40.0 Å². The maximum Gasteiger partial charge on any atom is 0.410 e. The molecule has 0 bridgehead atoms. The molecule has 2 aliphatic rings. The molecule has 0 radical (unpaired) electrons. The number of hydrogen-bond acceptors (Lipinski definition) is 4. The van der Waals surface area contributed by atoms with Crippen molar-refractivity contribution in [2.24, 2.45) is 10.7 Å². The number of halogens is 1. The molecule has 0 spiro atoms. The average molecular weight is 481 g/mol. The van der Waals surface area contributed by atoms with Crippen LogP contribution in [-0.2, 0) is 9.53 Å². The second kappa shape index (κ2) is 10.2. The molecule has 2 fully saturated rings. The predicted octanol–water partition coefficient (Wildman–Crippen LogP) is 1.48. The van der Waals surface area contributed by atoms with Crippen LogP contribution in [0.15, 0.2) is 4.99 Å². The number of carbonyl (C=O) groups excluding carboxylic acids is 2. The summed E-state index contributed by atoms with van der Waals surface area (Å²) in [7, 11) is 0. The third-order valence-corrected chi connectivity index (χ3v) is 4.29. The Hall–Kier alpha value is -1.26. The molecule has 0 aromatic carbocycles. The summed E-state index contributed by atoms with van der Waals surface area (Å²) in [4.78, 5) is 33.6. The standard InChI is InChI=1S/C17H31N5O3.HI/c1-17(2,3)25-16(24)22-12-10-21(11-13-22)15(18)19-7-5-9-20-8-4-6-14(20)23;/h4-13H2,1-3H3,(H2,18,19);1H. The molecular weight excluding hydrogens is 449 g/mol. The van der Waals surface area contributed by atoms with Gasteiger partial charge in [-0.1, -0.05) is 0 Å². The highest BCUT2D eigenvalue weighted by Crippen LogP contribution is 2.12. The minimum absolute atomic E-state index is 0. The number of guanidine groups is 1. The lowest BCUT2D eigenvalue weighted by Crippen LogP contribution is -2.53. The Kier molecular flexibility index (Phi) is 8.91. The monoisotopic (exact) mass is 481 g/mol. The quantitative estimate of drug-likeness (QED) is 0.284. The molecule has 2 aliphatic heterocycles. The number of rotatable bonds is 4. The highest BCUT2D eigenvalue weighted by atomic mass is 127. The molecule has 26 heavy (non-hydrogen) atoms. The zero-order valence-electron chi connectivity index (χ0n) is 16.1. The van der Waals surface area contributed by atoms with E-state index in [0.717, 1.165) is 25.9 Å². The van der Waals surface area contributed by atoms with Crippen LogP contribution < -0.4 is 5.73 Å². The van der Waals surface area contributed by atoms with E-state index in [-0.39, 0.29) is 36.0 Å². The van der Waals surface area contributed by atoms with Crippen molar-refractivity contribution in [3.63, 3.8) is 0 Å². The van der Waals surface area contributed by atoms with Gasteiger partial charge in [-0.15, -0.1) is 24.0 Å². The third-order valence-electron chi connectivity index (χ3n) is 4.29. The lowest BCUT2D eigenvalue weighted by Gasteiger charge is -2.36. The summed E-state index contributed by atoms with van der Waals surface area (Å²) in [6, 6.07) is 0. The Morgan fingerprint density at radius 1 is 1.15 bits per heavy atom. The number of likely N-dealkylation sites (tertiary alicyclic amines) is 1. The van der Waals surface area contributed by atoms with Crippen molar-refractivity contribution >= 4 is 41.9 Å². The topological polar surface area (TPSA) is 91.5 Å². The van der Waals surface area contributed by atoms with Crippen LogP contribution in [0.25, 0.3) is 0 Å². The maximum atomic E-state index is 12.0. The van der Waals surface area contributed by atoms with Crippen LogP contribution in [0.2, 0.25) is 0 Å². The summed E-state index contributed by atoms with van der Waals surface area (Å²) in [6.07, 6.45) is 2.18. The van der Waals surface area contributed by atoms with Crippen molar-refractivity contribution in [1.29, 1.82) is 0 Å². The fourth-order valence-corrected chi connectivity index (χ4v) is 2.94. The molecule has 0 aromatic heterocycles. The molecule has 0 aromatic rings. The zero-order chi connectivity index (χ0) is 18.4. The van der Waals surface area contributed by atoms with Gasteiger partial charge in [0.25, 0.3) is 0 Å². The highest BCUT2D eigenvalue weighted by Gasteiger charge is 2.26. The number of nitrogens with two attached hydrogens (primary N) is 1. The lowest BCUT2D eigenvalue weighted by atomic mass is 10.2. The van der Waals surface area contributed by atoms with E-state index in [0.29, 0.717) is 45.1 Å². The summed E-state index contributed by atoms with van der Waals surface area (Å²) >= 11 is 0. The summed E-state index contributed by atoms with van der Waals surface area (Å²) in [5, 5.41) is 0. The Morgan fingerprint density at radius 2 is 1.77 bits per heavy atom. The van der Waals surface area contributed by atoms with Crippen LogP contribution >= 0.6 is 24.0 Å². The second-order valence-corrected chi connectivity index (χ2v) is 7.53. The molecule has 2 saturated heterocycles. The Balaban J connectivity index is 0.00000338. The first kappa shape index (κ1) is 22.8. The van der Waals surface area contributed by atoms with E-state index in [9.17, 15) is 9.59 Å². The molecular formula is C17H32IN5O3. The summed E-state index contributed by atoms with van der Waals surface area (Å²) in [6.45, 7) is 10.3. The number of nitrogens with zero attached hydrogens (tertiary/aromatic N) is 4. The number of aliphatic imine (C=N–C) groups is 1. The Bertz CT molecular complexity index is 513. The van der Waals surface area contributed by atoms with Gasteiger partial charge in [0, 0.05) is 52.2 Å². The predicted molar refractivity (Wildman–Crippen MR) is 112 cm³/mol. The van der Waals surface area contributed by atoms with Gasteiger partial charge < -0.3 is 25.2 Å². The lowest BCUT2D eigenvalue weighted by molar-refractivity contribution is -0.127. The first-order chi connectivity index (χ1) is 11.8. The van der Waals surface area contributed by atoms with E-state index >= 15 is 0 Å². The van der Waals surface area contributed by atoms with E-state index in [2.05, 4.69) is 4.99 Å². The van der Waals surface area contributed by atoms with Gasteiger partial charge in [0.1, 0.15) is 5.60 Å². The number of ether oxygens (including phenoxy) is 1. The number of piperazine rings is 1. The minimum atomic E-state index is -0.481. The van der Waals surface area contributed by atoms with Crippen molar-refractivity contribution in [2.45, 2.75) is 45.6 Å². The molecule has 8 nitrogen and oxygen atoms in total. The van der Waals surface area contributed by atoms with Crippen molar-refractivity contribution in [3.05, 3.63) is 0 Å². The van der Waals surface area contributed by atoms with Crippen molar-refractivity contribution in [1.82, 2.24) is 14.7 Å². The summed E-state index contributed by atoms with van der Waals surface area (Å²) in [5.41, 5.74) is 5.57. The maximum absolute atomic E-state index is 12.0. The molecule has 0 unspecified atom stereocenters. The van der Waals surface area contributed by atoms with E-state index in [1.807, 2.05) is 30.6 Å². The Labute approximate surface area is 173 Å². The van der Waals surface area contributed by atoms with Gasteiger partial charge in [0.2, 0.25) is 5.91 Å². The van der Waals surface area contributed by atoms with Crippen LogP contribution in [0.4, 0.5) is 4.79 Å². The molecule has 0 aliphatic carbocycles. The van der Waals surface area contributed by atoms with Gasteiger partial charge >= 0.3 is 6.09 Å². The van der Waals surface area contributed by atoms with E-state index in [4.69, 9.17) is 10.5 Å². The van der Waals surface area contributed by atoms with Gasteiger partial charge in [-0.3, -0.25) is 9.79 Å². The molecule has 2 N–H and O–H groups in total. The van der Waals surface area contributed by atoms with Crippen molar-refractivity contribution in [3.8, 4) is 0 Å². The molecule has 150 valence electrons. The second-order valence-electron chi connectivity index (χ2n) is 7.53. The largest absolute Gasteiger partial charge is 0.444 e. The van der Waals surface area contributed by atoms with Gasteiger partial charge in [-0.2, -0.15) is 0 Å². The van der Waals surface area contributed by atoms with E-state index in [1.165, 1.54) is 0 Å². The van der Waals surface area contributed by atoms with E-state index < -0.39 is 5.60 Å². The molecule has 2 rings (SSSR count). The number of hydrogen-bond donors (Lipinski definition) is 1. The zero-order valence-corrected chi connectivity index (χ0v) is 18.4. The van der Waals surface area contributed by atoms with E-state index in [1.54, 1.807) is 4.90 Å². The molecule has 0 saturated carbocycles. The highest BCUT2D eigenvalue weighted by molar-refractivity contribution is 14.0. The number of amides is 2. The third kappa shape index (κ3) is 7.16. The molecule has 9 heteroatoms.